The van der Waals surface area contributed by atoms with Crippen molar-refractivity contribution in [2.75, 3.05) is 40.4 Å². The Morgan fingerprint density at radius 1 is 1.32 bits per heavy atom. The minimum Gasteiger partial charge on any atom is -0.385 e. The third-order valence-corrected chi connectivity index (χ3v) is 9.90. The summed E-state index contributed by atoms with van der Waals surface area (Å²) in [5.74, 6) is -2.45. The first-order valence-electron chi connectivity index (χ1n) is 14.1. The monoisotopic (exact) mass is 649 g/mol. The number of hydrogen-bond acceptors (Lipinski definition) is 4. The summed E-state index contributed by atoms with van der Waals surface area (Å²) in [6, 6.07) is 7.85. The van der Waals surface area contributed by atoms with Gasteiger partial charge >= 0.3 is 6.03 Å². The van der Waals surface area contributed by atoms with Crippen molar-refractivity contribution in [3.8, 4) is 0 Å². The number of urea groups is 1. The lowest BCUT2D eigenvalue weighted by atomic mass is 9.73. The van der Waals surface area contributed by atoms with Crippen molar-refractivity contribution in [1.29, 1.82) is 0 Å². The van der Waals surface area contributed by atoms with Gasteiger partial charge in [0.15, 0.2) is 0 Å². The summed E-state index contributed by atoms with van der Waals surface area (Å²) in [7, 11) is 3.54. The van der Waals surface area contributed by atoms with E-state index in [0.717, 1.165) is 36.8 Å². The van der Waals surface area contributed by atoms with E-state index in [0.29, 0.717) is 45.5 Å². The first-order valence-corrected chi connectivity index (χ1v) is 15.3. The van der Waals surface area contributed by atoms with Gasteiger partial charge in [0.05, 0.1) is 0 Å². The number of halogens is 3. The van der Waals surface area contributed by atoms with Crippen LogP contribution in [0.5, 0.6) is 0 Å². The van der Waals surface area contributed by atoms with Gasteiger partial charge in [0.1, 0.15) is 5.60 Å². The number of benzene rings is 1. The Bertz CT molecular complexity index is 882. The first kappa shape index (κ1) is 31.5. The molecule has 1 aromatic rings. The number of likely N-dealkylation sites (N-methyl/N-ethyl adjacent to an activating group) is 1. The van der Waals surface area contributed by atoms with E-state index in [2.05, 4.69) is 39.3 Å². The molecule has 1 aliphatic heterocycles. The number of rotatable bonds is 12. The first-order chi connectivity index (χ1) is 18.1. The Morgan fingerprint density at radius 2 is 2.05 bits per heavy atom. The average Bonchev–Trinajstić information content (AvgIpc) is 2.89. The standard InChI is InChI=1S/C29H46F2IN3O3/c1-21-7-4-8-23(17-21)29(37,26(32)10-6-16-38-3)24-9-5-15-35(20-24)27(36)34-25(19-33-2)18-22-11-13-28(30,31)14-12-22/h4,7-8,17,22,24-26,33,37H,5-6,9-16,18-20H2,1-3H3,(H,34,36)/t24-,25?,26?,29-/m1/s1. The molecular formula is C29H46F2IN3O3. The Hall–Kier alpha value is -1.04. The second-order valence-electron chi connectivity index (χ2n) is 11.3. The number of aliphatic hydroxyl groups is 1. The Balaban J connectivity index is 1.70. The molecule has 4 atom stereocenters. The van der Waals surface area contributed by atoms with Crippen molar-refractivity contribution in [1.82, 2.24) is 15.5 Å². The van der Waals surface area contributed by atoms with Crippen LogP contribution >= 0.6 is 22.6 Å². The van der Waals surface area contributed by atoms with E-state index in [1.54, 1.807) is 7.11 Å². The summed E-state index contributed by atoms with van der Waals surface area (Å²) in [6.07, 6.45) is 4.89. The molecule has 0 spiro atoms. The summed E-state index contributed by atoms with van der Waals surface area (Å²) < 4.78 is 32.5. The van der Waals surface area contributed by atoms with Gasteiger partial charge in [-0.05, 0) is 70.4 Å². The van der Waals surface area contributed by atoms with Crippen molar-refractivity contribution < 1.29 is 23.4 Å². The minimum atomic E-state index is -2.55. The lowest BCUT2D eigenvalue weighted by Crippen LogP contribution is -2.55. The number of methoxy groups -OCH3 is 1. The van der Waals surface area contributed by atoms with Gasteiger partial charge in [0.2, 0.25) is 5.92 Å². The van der Waals surface area contributed by atoms with Gasteiger partial charge in [-0.15, -0.1) is 0 Å². The van der Waals surface area contributed by atoms with E-state index in [1.807, 2.05) is 37.1 Å². The van der Waals surface area contributed by atoms with Crippen molar-refractivity contribution in [3.05, 3.63) is 35.4 Å². The van der Waals surface area contributed by atoms with Crippen LogP contribution in [0.25, 0.3) is 0 Å². The maximum atomic E-state index is 13.6. The van der Waals surface area contributed by atoms with Crippen molar-refractivity contribution in [3.63, 3.8) is 0 Å². The number of amides is 2. The Morgan fingerprint density at radius 3 is 2.71 bits per heavy atom. The highest BCUT2D eigenvalue weighted by Crippen LogP contribution is 2.43. The van der Waals surface area contributed by atoms with Crippen LogP contribution in [0.1, 0.15) is 68.9 Å². The van der Waals surface area contributed by atoms with Crippen LogP contribution in [0.15, 0.2) is 24.3 Å². The number of carbonyl (C=O) groups is 1. The number of piperidine rings is 1. The summed E-state index contributed by atoms with van der Waals surface area (Å²) >= 11 is 2.38. The summed E-state index contributed by atoms with van der Waals surface area (Å²) in [5.41, 5.74) is 0.933. The number of hydrogen-bond donors (Lipinski definition) is 3. The molecule has 1 heterocycles. The van der Waals surface area contributed by atoms with Gasteiger partial charge in [0, 0.05) is 62.1 Å². The molecule has 0 bridgehead atoms. The molecule has 38 heavy (non-hydrogen) atoms. The summed E-state index contributed by atoms with van der Waals surface area (Å²) in [4.78, 5) is 15.3. The molecule has 1 saturated carbocycles. The molecule has 1 saturated heterocycles. The van der Waals surface area contributed by atoms with Gasteiger partial charge in [-0.2, -0.15) is 0 Å². The SMILES string of the molecule is CNCC(CC1CCC(F)(F)CC1)NC(=O)N1CCC[C@@H]([C@](O)(c2cccc(C)c2)C(I)CCCOC)C1. The average molecular weight is 650 g/mol. The zero-order chi connectivity index (χ0) is 27.8. The predicted molar refractivity (Wildman–Crippen MR) is 156 cm³/mol. The maximum absolute atomic E-state index is 13.6. The van der Waals surface area contributed by atoms with Crippen molar-refractivity contribution in [2.45, 2.75) is 86.2 Å². The largest absolute Gasteiger partial charge is 0.385 e. The maximum Gasteiger partial charge on any atom is 0.317 e. The van der Waals surface area contributed by atoms with Crippen LogP contribution < -0.4 is 10.6 Å². The quantitative estimate of drug-likeness (QED) is 0.156. The fourth-order valence-corrected chi connectivity index (χ4v) is 7.47. The predicted octanol–water partition coefficient (Wildman–Crippen LogP) is 5.64. The number of alkyl halides is 3. The smallest absolute Gasteiger partial charge is 0.317 e. The number of ether oxygens (including phenoxy) is 1. The third-order valence-electron chi connectivity index (χ3n) is 8.33. The molecular weight excluding hydrogens is 603 g/mol. The van der Waals surface area contributed by atoms with E-state index in [4.69, 9.17) is 4.74 Å². The summed E-state index contributed by atoms with van der Waals surface area (Å²) in [6.45, 7) is 4.39. The number of nitrogens with one attached hydrogen (secondary N) is 2. The van der Waals surface area contributed by atoms with E-state index in [9.17, 15) is 18.7 Å². The third kappa shape index (κ3) is 8.48. The van der Waals surface area contributed by atoms with E-state index in [-0.39, 0.29) is 40.7 Å². The molecule has 2 unspecified atom stereocenters. The molecule has 9 heteroatoms. The summed E-state index contributed by atoms with van der Waals surface area (Å²) in [5, 5.41) is 18.7. The zero-order valence-corrected chi connectivity index (χ0v) is 25.3. The van der Waals surface area contributed by atoms with E-state index in [1.165, 1.54) is 0 Å². The molecule has 0 aromatic heterocycles. The van der Waals surface area contributed by atoms with Gasteiger partial charge in [-0.3, -0.25) is 0 Å². The van der Waals surface area contributed by atoms with Crippen molar-refractivity contribution in [2.24, 2.45) is 11.8 Å². The molecule has 1 aliphatic carbocycles. The van der Waals surface area contributed by atoms with Crippen LogP contribution in [-0.2, 0) is 10.3 Å². The fraction of sp³-hybridized carbons (Fsp3) is 0.759. The second-order valence-corrected chi connectivity index (χ2v) is 12.8. The normalized spacial score (nSPS) is 23.4. The Kier molecular flexibility index (Phi) is 12.1. The van der Waals surface area contributed by atoms with Gasteiger partial charge in [-0.1, -0.05) is 52.4 Å². The highest BCUT2D eigenvalue weighted by Gasteiger charge is 2.46. The molecule has 2 amide bonds. The molecule has 3 N–H and O–H groups in total. The molecule has 216 valence electrons. The van der Waals surface area contributed by atoms with Crippen molar-refractivity contribution >= 4 is 28.6 Å². The highest BCUT2D eigenvalue weighted by atomic mass is 127. The second kappa shape index (κ2) is 14.6. The molecule has 3 rings (SSSR count). The molecule has 2 aliphatic rings. The van der Waals surface area contributed by atoms with E-state index < -0.39 is 11.5 Å². The lowest BCUT2D eigenvalue weighted by Gasteiger charge is -2.45. The molecule has 1 aromatic carbocycles. The number of aryl methyl sites for hydroxylation is 1. The topological polar surface area (TPSA) is 73.8 Å². The molecule has 2 fully saturated rings. The van der Waals surface area contributed by atoms with Crippen LogP contribution in [0.3, 0.4) is 0 Å². The van der Waals surface area contributed by atoms with Crippen LogP contribution in [0.4, 0.5) is 13.6 Å². The van der Waals surface area contributed by atoms with Crippen LogP contribution in [0, 0.1) is 18.8 Å². The number of carbonyl (C=O) groups excluding carboxylic acids is 1. The molecule has 6 nitrogen and oxygen atoms in total. The van der Waals surface area contributed by atoms with Gasteiger partial charge < -0.3 is 25.4 Å². The zero-order valence-electron chi connectivity index (χ0n) is 23.2. The minimum absolute atomic E-state index is 0.0356. The number of likely N-dealkylation sites (tertiary alicyclic amines) is 1. The highest BCUT2D eigenvalue weighted by molar-refractivity contribution is 14.1. The van der Waals surface area contributed by atoms with Crippen LogP contribution in [0.2, 0.25) is 0 Å². The lowest BCUT2D eigenvalue weighted by molar-refractivity contribution is -0.0490. The van der Waals surface area contributed by atoms with Crippen LogP contribution in [-0.4, -0.2) is 72.3 Å². The van der Waals surface area contributed by atoms with Gasteiger partial charge in [0.25, 0.3) is 0 Å². The van der Waals surface area contributed by atoms with E-state index >= 15 is 0 Å². The van der Waals surface area contributed by atoms with Gasteiger partial charge in [-0.25, -0.2) is 13.6 Å². The Labute approximate surface area is 240 Å². The number of nitrogens with zero attached hydrogens (tertiary/aromatic N) is 1. The molecule has 0 radical (unpaired) electrons. The fourth-order valence-electron chi connectivity index (χ4n) is 6.16.